The van der Waals surface area contributed by atoms with Crippen LogP contribution in [0.1, 0.15) is 29.6 Å². The fraction of sp³-hybridized carbons (Fsp3) is 0.300. The lowest BCUT2D eigenvalue weighted by Crippen LogP contribution is -2.28. The molecule has 3 aromatic rings. The van der Waals surface area contributed by atoms with E-state index < -0.39 is 15.8 Å². The van der Waals surface area contributed by atoms with E-state index in [1.165, 1.54) is 16.4 Å². The number of hydrogen-bond donors (Lipinski definition) is 0. The molecule has 0 saturated carbocycles. The van der Waals surface area contributed by atoms with Gasteiger partial charge in [-0.15, -0.1) is 0 Å². The average Bonchev–Trinajstić information content (AvgIpc) is 3.38. The topological polar surface area (TPSA) is 85.5 Å². The molecule has 1 saturated heterocycles. The zero-order chi connectivity index (χ0) is 20.4. The summed E-state index contributed by atoms with van der Waals surface area (Å²) in [5.41, 5.74) is 1.14. The van der Waals surface area contributed by atoms with E-state index in [-0.39, 0.29) is 24.0 Å². The predicted molar refractivity (Wildman–Crippen MR) is 102 cm³/mol. The number of sulfonamides is 1. The molecule has 2 aromatic carbocycles. The van der Waals surface area contributed by atoms with E-state index in [1.807, 2.05) is 31.2 Å². The molecule has 1 unspecified atom stereocenters. The van der Waals surface area contributed by atoms with Crippen LogP contribution in [0.4, 0.5) is 4.39 Å². The SMILES string of the molecule is Cc1ccc(OCc2nc(C3CCN(S(=O)(=O)c4ccc(F)cc4)C3)no2)cc1. The summed E-state index contributed by atoms with van der Waals surface area (Å²) >= 11 is 0. The Kier molecular flexibility index (Phi) is 5.33. The summed E-state index contributed by atoms with van der Waals surface area (Å²) in [6.45, 7) is 2.72. The summed E-state index contributed by atoms with van der Waals surface area (Å²) in [6, 6.07) is 12.4. The van der Waals surface area contributed by atoms with Gasteiger partial charge in [-0.1, -0.05) is 22.9 Å². The molecule has 9 heteroatoms. The fourth-order valence-electron chi connectivity index (χ4n) is 3.18. The Morgan fingerprint density at radius 2 is 1.90 bits per heavy atom. The Morgan fingerprint density at radius 1 is 1.17 bits per heavy atom. The van der Waals surface area contributed by atoms with Crippen molar-refractivity contribution < 1.29 is 22.1 Å². The molecule has 1 aliphatic rings. The summed E-state index contributed by atoms with van der Waals surface area (Å²) in [7, 11) is -3.68. The third-order valence-electron chi connectivity index (χ3n) is 4.83. The maximum atomic E-state index is 13.1. The smallest absolute Gasteiger partial charge is 0.264 e. The minimum Gasteiger partial charge on any atom is -0.484 e. The summed E-state index contributed by atoms with van der Waals surface area (Å²) in [6.07, 6.45) is 0.582. The Labute approximate surface area is 168 Å². The Morgan fingerprint density at radius 3 is 2.62 bits per heavy atom. The van der Waals surface area contributed by atoms with E-state index in [4.69, 9.17) is 9.26 Å². The molecular formula is C20H20FN3O4S. The molecule has 1 aliphatic heterocycles. The maximum absolute atomic E-state index is 13.1. The molecule has 0 radical (unpaired) electrons. The number of hydrogen-bond acceptors (Lipinski definition) is 6. The predicted octanol–water partition coefficient (Wildman–Crippen LogP) is 3.27. The van der Waals surface area contributed by atoms with Crippen LogP contribution in [0, 0.1) is 12.7 Å². The van der Waals surface area contributed by atoms with E-state index in [0.717, 1.165) is 17.7 Å². The summed E-state index contributed by atoms with van der Waals surface area (Å²) < 4.78 is 50.8. The van der Waals surface area contributed by atoms with Gasteiger partial charge in [-0.25, -0.2) is 12.8 Å². The van der Waals surface area contributed by atoms with Crippen LogP contribution in [0.25, 0.3) is 0 Å². The fourth-order valence-corrected chi connectivity index (χ4v) is 4.69. The Bertz CT molecular complexity index is 1080. The van der Waals surface area contributed by atoms with Gasteiger partial charge in [0.25, 0.3) is 5.89 Å². The molecule has 0 spiro atoms. The monoisotopic (exact) mass is 417 g/mol. The number of halogens is 1. The van der Waals surface area contributed by atoms with E-state index in [9.17, 15) is 12.8 Å². The van der Waals surface area contributed by atoms with Crippen molar-refractivity contribution in [1.82, 2.24) is 14.4 Å². The van der Waals surface area contributed by atoms with Crippen molar-refractivity contribution in [3.05, 3.63) is 71.6 Å². The second-order valence-electron chi connectivity index (χ2n) is 6.95. The van der Waals surface area contributed by atoms with Gasteiger partial charge in [-0.05, 0) is 49.7 Å². The highest BCUT2D eigenvalue weighted by Crippen LogP contribution is 2.30. The van der Waals surface area contributed by atoms with Crippen LogP contribution < -0.4 is 4.74 Å². The molecule has 0 aliphatic carbocycles. The van der Waals surface area contributed by atoms with Gasteiger partial charge in [0.2, 0.25) is 10.0 Å². The number of benzene rings is 2. The Balaban J connectivity index is 1.39. The van der Waals surface area contributed by atoms with Gasteiger partial charge in [0.05, 0.1) is 4.90 Å². The number of nitrogens with zero attached hydrogens (tertiary/aromatic N) is 3. The molecule has 29 heavy (non-hydrogen) atoms. The van der Waals surface area contributed by atoms with Crippen LogP contribution in [-0.4, -0.2) is 36.0 Å². The molecule has 7 nitrogen and oxygen atoms in total. The minimum atomic E-state index is -3.68. The molecule has 0 bridgehead atoms. The largest absolute Gasteiger partial charge is 0.484 e. The first kappa shape index (κ1) is 19.5. The van der Waals surface area contributed by atoms with Crippen LogP contribution >= 0.6 is 0 Å². The molecular weight excluding hydrogens is 397 g/mol. The number of aryl methyl sites for hydroxylation is 1. The van der Waals surface area contributed by atoms with Gasteiger partial charge in [-0.3, -0.25) is 0 Å². The van der Waals surface area contributed by atoms with Gasteiger partial charge in [0, 0.05) is 19.0 Å². The van der Waals surface area contributed by atoms with Crippen molar-refractivity contribution in [2.75, 3.05) is 13.1 Å². The van der Waals surface area contributed by atoms with E-state index >= 15 is 0 Å². The van der Waals surface area contributed by atoms with Crippen LogP contribution in [0.3, 0.4) is 0 Å². The summed E-state index contributed by atoms with van der Waals surface area (Å²) in [4.78, 5) is 4.42. The number of aromatic nitrogens is 2. The molecule has 1 atom stereocenters. The summed E-state index contributed by atoms with van der Waals surface area (Å²) in [5, 5.41) is 3.99. The van der Waals surface area contributed by atoms with Crippen LogP contribution in [0.15, 0.2) is 57.9 Å². The van der Waals surface area contributed by atoms with Crippen molar-refractivity contribution in [3.8, 4) is 5.75 Å². The second kappa shape index (κ2) is 7.92. The summed E-state index contributed by atoms with van der Waals surface area (Å²) in [5.74, 6) is 0.857. The lowest BCUT2D eigenvalue weighted by atomic mass is 10.1. The van der Waals surface area contributed by atoms with E-state index in [1.54, 1.807) is 0 Å². The molecule has 4 rings (SSSR count). The highest BCUT2D eigenvalue weighted by Gasteiger charge is 2.35. The van der Waals surface area contributed by atoms with Crippen molar-refractivity contribution >= 4 is 10.0 Å². The average molecular weight is 417 g/mol. The molecule has 1 aromatic heterocycles. The minimum absolute atomic E-state index is 0.0693. The lowest BCUT2D eigenvalue weighted by Gasteiger charge is -2.15. The first-order valence-corrected chi connectivity index (χ1v) is 10.6. The number of ether oxygens (including phenoxy) is 1. The van der Waals surface area contributed by atoms with Crippen LogP contribution in [0.5, 0.6) is 5.75 Å². The van der Waals surface area contributed by atoms with Crippen molar-refractivity contribution in [1.29, 1.82) is 0 Å². The lowest BCUT2D eigenvalue weighted by molar-refractivity contribution is 0.242. The van der Waals surface area contributed by atoms with Crippen LogP contribution in [-0.2, 0) is 16.6 Å². The Hall–Kier alpha value is -2.78. The molecule has 152 valence electrons. The molecule has 1 fully saturated rings. The van der Waals surface area contributed by atoms with Crippen LogP contribution in [0.2, 0.25) is 0 Å². The molecule has 0 amide bonds. The van der Waals surface area contributed by atoms with Gasteiger partial charge in [0.1, 0.15) is 11.6 Å². The van der Waals surface area contributed by atoms with Gasteiger partial charge < -0.3 is 9.26 Å². The third-order valence-corrected chi connectivity index (χ3v) is 6.71. The highest BCUT2D eigenvalue weighted by atomic mass is 32.2. The zero-order valence-electron chi connectivity index (χ0n) is 15.8. The normalized spacial score (nSPS) is 17.5. The van der Waals surface area contributed by atoms with Crippen molar-refractivity contribution in [3.63, 3.8) is 0 Å². The van der Waals surface area contributed by atoms with Crippen molar-refractivity contribution in [2.45, 2.75) is 30.8 Å². The van der Waals surface area contributed by atoms with Crippen molar-refractivity contribution in [2.24, 2.45) is 0 Å². The first-order valence-electron chi connectivity index (χ1n) is 9.19. The first-order chi connectivity index (χ1) is 13.9. The second-order valence-corrected chi connectivity index (χ2v) is 8.89. The zero-order valence-corrected chi connectivity index (χ0v) is 16.6. The number of rotatable bonds is 6. The van der Waals surface area contributed by atoms with Gasteiger partial charge in [-0.2, -0.15) is 9.29 Å². The highest BCUT2D eigenvalue weighted by molar-refractivity contribution is 7.89. The molecule has 2 heterocycles. The standard InChI is InChI=1S/C20H20FN3O4S/c1-14-2-6-17(7-3-14)27-13-19-22-20(23-28-19)15-10-11-24(12-15)29(25,26)18-8-4-16(21)5-9-18/h2-9,15H,10-13H2,1H3. The maximum Gasteiger partial charge on any atom is 0.264 e. The van der Waals surface area contributed by atoms with Gasteiger partial charge >= 0.3 is 0 Å². The quantitative estimate of drug-likeness (QED) is 0.612. The molecule has 0 N–H and O–H groups in total. The van der Waals surface area contributed by atoms with E-state index in [2.05, 4.69) is 10.1 Å². The van der Waals surface area contributed by atoms with Gasteiger partial charge in [0.15, 0.2) is 12.4 Å². The van der Waals surface area contributed by atoms with E-state index in [0.29, 0.717) is 30.4 Å². The third kappa shape index (κ3) is 4.30.